The fourth-order valence-electron chi connectivity index (χ4n) is 3.58. The summed E-state index contributed by atoms with van der Waals surface area (Å²) < 4.78 is 19.4. The third-order valence-electron chi connectivity index (χ3n) is 5.16. The van der Waals surface area contributed by atoms with Crippen molar-refractivity contribution in [2.75, 3.05) is 43.5 Å². The standard InChI is InChI=1S/C23H23FN4O2/c1-30-21-11-5-3-9-19(21)26-22-17(7-6-12-25-22)23(29)28-15-13-27(14-16-28)20-10-4-2-8-18(20)24/h2-12H,13-16H2,1H3,(H,25,26). The molecule has 1 aliphatic rings. The third-order valence-corrected chi connectivity index (χ3v) is 5.16. The highest BCUT2D eigenvalue weighted by Gasteiger charge is 2.25. The molecule has 2 heterocycles. The molecule has 1 amide bonds. The van der Waals surface area contributed by atoms with Crippen LogP contribution in [0, 0.1) is 5.82 Å². The Balaban J connectivity index is 1.49. The number of halogens is 1. The van der Waals surface area contributed by atoms with Crippen molar-refractivity contribution in [3.8, 4) is 5.75 Å². The molecule has 30 heavy (non-hydrogen) atoms. The summed E-state index contributed by atoms with van der Waals surface area (Å²) in [5, 5.41) is 3.21. The van der Waals surface area contributed by atoms with Gasteiger partial charge in [-0.15, -0.1) is 0 Å². The average Bonchev–Trinajstić information content (AvgIpc) is 2.80. The molecular weight excluding hydrogens is 383 g/mol. The van der Waals surface area contributed by atoms with E-state index in [-0.39, 0.29) is 11.7 Å². The van der Waals surface area contributed by atoms with Gasteiger partial charge in [0.25, 0.3) is 5.91 Å². The van der Waals surface area contributed by atoms with Gasteiger partial charge in [-0.1, -0.05) is 24.3 Å². The average molecular weight is 406 g/mol. The molecule has 2 aromatic carbocycles. The van der Waals surface area contributed by atoms with E-state index in [4.69, 9.17) is 4.74 Å². The molecule has 0 saturated carbocycles. The predicted octanol–water partition coefficient (Wildman–Crippen LogP) is 3.94. The summed E-state index contributed by atoms with van der Waals surface area (Å²) in [6.45, 7) is 2.16. The summed E-state index contributed by atoms with van der Waals surface area (Å²) in [6, 6.07) is 17.7. The number of benzene rings is 2. The third kappa shape index (κ3) is 4.05. The first-order chi connectivity index (χ1) is 14.7. The Hall–Kier alpha value is -3.61. The summed E-state index contributed by atoms with van der Waals surface area (Å²) in [6.07, 6.45) is 1.64. The van der Waals surface area contributed by atoms with Crippen LogP contribution in [-0.2, 0) is 0 Å². The van der Waals surface area contributed by atoms with Crippen LogP contribution in [0.1, 0.15) is 10.4 Å². The van der Waals surface area contributed by atoms with Crippen molar-refractivity contribution in [2.45, 2.75) is 0 Å². The zero-order chi connectivity index (χ0) is 20.9. The van der Waals surface area contributed by atoms with Crippen molar-refractivity contribution in [1.29, 1.82) is 0 Å². The second-order valence-electron chi connectivity index (χ2n) is 6.96. The van der Waals surface area contributed by atoms with Gasteiger partial charge in [-0.05, 0) is 36.4 Å². The van der Waals surface area contributed by atoms with E-state index in [1.165, 1.54) is 6.07 Å². The Morgan fingerprint density at radius 3 is 2.50 bits per heavy atom. The number of carbonyl (C=O) groups excluding carboxylic acids is 1. The number of aromatic nitrogens is 1. The molecule has 1 aliphatic heterocycles. The molecule has 0 spiro atoms. The largest absolute Gasteiger partial charge is 0.495 e. The minimum absolute atomic E-state index is 0.103. The van der Waals surface area contributed by atoms with Gasteiger partial charge in [0, 0.05) is 32.4 Å². The number of hydrogen-bond acceptors (Lipinski definition) is 5. The minimum Gasteiger partial charge on any atom is -0.495 e. The van der Waals surface area contributed by atoms with Gasteiger partial charge in [0.2, 0.25) is 0 Å². The number of anilines is 3. The van der Waals surface area contributed by atoms with Gasteiger partial charge in [-0.2, -0.15) is 0 Å². The first-order valence-corrected chi connectivity index (χ1v) is 9.81. The first kappa shape index (κ1) is 19.7. The highest BCUT2D eigenvalue weighted by Crippen LogP contribution is 2.28. The SMILES string of the molecule is COc1ccccc1Nc1ncccc1C(=O)N1CCN(c2ccccc2F)CC1. The fourth-order valence-corrected chi connectivity index (χ4v) is 3.58. The maximum absolute atomic E-state index is 14.1. The molecule has 154 valence electrons. The first-order valence-electron chi connectivity index (χ1n) is 9.81. The zero-order valence-corrected chi connectivity index (χ0v) is 16.7. The Morgan fingerprint density at radius 1 is 1.00 bits per heavy atom. The van der Waals surface area contributed by atoms with Gasteiger partial charge < -0.3 is 19.9 Å². The molecule has 1 aromatic heterocycles. The van der Waals surface area contributed by atoms with Crippen LogP contribution < -0.4 is 15.0 Å². The zero-order valence-electron chi connectivity index (χ0n) is 16.7. The van der Waals surface area contributed by atoms with Crippen LogP contribution in [0.4, 0.5) is 21.6 Å². The summed E-state index contributed by atoms with van der Waals surface area (Å²) >= 11 is 0. The van der Waals surface area contributed by atoms with E-state index in [2.05, 4.69) is 10.3 Å². The molecule has 0 bridgehead atoms. The van der Waals surface area contributed by atoms with Gasteiger partial charge in [0.1, 0.15) is 17.4 Å². The summed E-state index contributed by atoms with van der Waals surface area (Å²) in [5.41, 5.74) is 1.80. The van der Waals surface area contributed by atoms with Crippen LogP contribution in [0.3, 0.4) is 0 Å². The van der Waals surface area contributed by atoms with Crippen molar-refractivity contribution >= 4 is 23.1 Å². The number of hydrogen-bond donors (Lipinski definition) is 1. The number of amides is 1. The van der Waals surface area contributed by atoms with Gasteiger partial charge in [0.05, 0.1) is 24.0 Å². The Bertz CT molecular complexity index is 1030. The number of nitrogens with zero attached hydrogens (tertiary/aromatic N) is 3. The Labute approximate surface area is 174 Å². The lowest BCUT2D eigenvalue weighted by Crippen LogP contribution is -2.49. The molecular formula is C23H23FN4O2. The minimum atomic E-state index is -0.243. The van der Waals surface area contributed by atoms with Crippen LogP contribution in [-0.4, -0.2) is 49.1 Å². The summed E-state index contributed by atoms with van der Waals surface area (Å²) in [7, 11) is 1.60. The highest BCUT2D eigenvalue weighted by atomic mass is 19.1. The van der Waals surface area contributed by atoms with Gasteiger partial charge in [-0.3, -0.25) is 4.79 Å². The van der Waals surface area contributed by atoms with E-state index in [1.807, 2.05) is 35.2 Å². The van der Waals surface area contributed by atoms with Crippen LogP contribution in [0.15, 0.2) is 66.9 Å². The summed E-state index contributed by atoms with van der Waals surface area (Å²) in [4.78, 5) is 21.3. The molecule has 0 radical (unpaired) electrons. The van der Waals surface area contributed by atoms with Crippen molar-refractivity contribution in [3.05, 3.63) is 78.2 Å². The number of methoxy groups -OCH3 is 1. The molecule has 3 aromatic rings. The number of para-hydroxylation sites is 3. The van der Waals surface area contributed by atoms with Gasteiger partial charge >= 0.3 is 0 Å². The molecule has 4 rings (SSSR count). The van der Waals surface area contributed by atoms with Crippen LogP contribution in [0.25, 0.3) is 0 Å². The van der Waals surface area contributed by atoms with Crippen LogP contribution in [0.2, 0.25) is 0 Å². The second-order valence-corrected chi connectivity index (χ2v) is 6.96. The number of rotatable bonds is 5. The van der Waals surface area contributed by atoms with E-state index in [0.29, 0.717) is 49.0 Å². The molecule has 0 atom stereocenters. The Kier molecular flexibility index (Phi) is 5.79. The number of piperazine rings is 1. The van der Waals surface area contributed by atoms with Crippen LogP contribution in [0.5, 0.6) is 5.75 Å². The maximum atomic E-state index is 14.1. The number of carbonyl (C=O) groups is 1. The van der Waals surface area contributed by atoms with Gasteiger partial charge in [0.15, 0.2) is 0 Å². The van der Waals surface area contributed by atoms with E-state index >= 15 is 0 Å². The number of nitrogens with one attached hydrogen (secondary N) is 1. The lowest BCUT2D eigenvalue weighted by atomic mass is 10.1. The van der Waals surface area contributed by atoms with Gasteiger partial charge in [-0.25, -0.2) is 9.37 Å². The molecule has 1 saturated heterocycles. The van der Waals surface area contributed by atoms with Crippen molar-refractivity contribution in [1.82, 2.24) is 9.88 Å². The van der Waals surface area contributed by atoms with Crippen molar-refractivity contribution in [2.24, 2.45) is 0 Å². The van der Waals surface area contributed by atoms with E-state index in [0.717, 1.165) is 5.69 Å². The Morgan fingerprint density at radius 2 is 1.73 bits per heavy atom. The topological polar surface area (TPSA) is 57.7 Å². The molecule has 1 N–H and O–H groups in total. The van der Waals surface area contributed by atoms with E-state index < -0.39 is 0 Å². The smallest absolute Gasteiger partial charge is 0.257 e. The van der Waals surface area contributed by atoms with Crippen molar-refractivity contribution < 1.29 is 13.9 Å². The highest BCUT2D eigenvalue weighted by molar-refractivity contribution is 5.99. The van der Waals surface area contributed by atoms with Crippen molar-refractivity contribution in [3.63, 3.8) is 0 Å². The molecule has 7 heteroatoms. The number of ether oxygens (including phenoxy) is 1. The van der Waals surface area contributed by atoms with E-state index in [1.54, 1.807) is 42.5 Å². The van der Waals surface area contributed by atoms with E-state index in [9.17, 15) is 9.18 Å². The molecule has 0 aliphatic carbocycles. The normalized spacial score (nSPS) is 13.8. The fraction of sp³-hybridized carbons (Fsp3) is 0.217. The molecule has 6 nitrogen and oxygen atoms in total. The lowest BCUT2D eigenvalue weighted by Gasteiger charge is -2.36. The maximum Gasteiger partial charge on any atom is 0.257 e. The summed E-state index contributed by atoms with van der Waals surface area (Å²) in [5.74, 6) is 0.796. The lowest BCUT2D eigenvalue weighted by molar-refractivity contribution is 0.0747. The monoisotopic (exact) mass is 406 g/mol. The predicted molar refractivity (Wildman–Crippen MR) is 115 cm³/mol. The molecule has 1 fully saturated rings. The number of pyridine rings is 1. The second kappa shape index (κ2) is 8.82. The van der Waals surface area contributed by atoms with Crippen LogP contribution >= 0.6 is 0 Å². The molecule has 0 unspecified atom stereocenters. The quantitative estimate of drug-likeness (QED) is 0.696.